The number of hydrogen-bond donors (Lipinski definition) is 1. The minimum absolute atomic E-state index is 0.0510. The quantitative estimate of drug-likeness (QED) is 0.652. The smallest absolute Gasteiger partial charge is 0.335 e. The second-order valence-electron chi connectivity index (χ2n) is 7.18. The van der Waals surface area contributed by atoms with Crippen LogP contribution in [0.15, 0.2) is 24.4 Å². The Kier molecular flexibility index (Phi) is 7.47. The van der Waals surface area contributed by atoms with Gasteiger partial charge in [-0.15, -0.1) is 5.10 Å². The molecule has 2 aromatic rings. The number of benzene rings is 1. The summed E-state index contributed by atoms with van der Waals surface area (Å²) < 4.78 is 20.1. The molecule has 0 aliphatic carbocycles. The van der Waals surface area contributed by atoms with Crippen molar-refractivity contribution >= 4 is 11.9 Å². The van der Waals surface area contributed by atoms with E-state index < -0.39 is 18.6 Å². The van der Waals surface area contributed by atoms with Crippen LogP contribution >= 0.6 is 0 Å². The monoisotopic (exact) mass is 419 g/mol. The molecule has 1 aliphatic rings. The maximum atomic E-state index is 13.1. The summed E-state index contributed by atoms with van der Waals surface area (Å²) in [5, 5.41) is 17.5. The summed E-state index contributed by atoms with van der Waals surface area (Å²) >= 11 is 0. The topological polar surface area (TPSA) is 101 Å². The fraction of sp³-hybridized carbons (Fsp3) is 0.500. The molecule has 1 aromatic carbocycles. The zero-order valence-electron chi connectivity index (χ0n) is 17.0. The van der Waals surface area contributed by atoms with Gasteiger partial charge in [-0.2, -0.15) is 0 Å². The van der Waals surface area contributed by atoms with Crippen molar-refractivity contribution < 1.29 is 23.8 Å². The second-order valence-corrected chi connectivity index (χ2v) is 7.18. The lowest BCUT2D eigenvalue weighted by molar-refractivity contribution is 0.0359. The third-order valence-electron chi connectivity index (χ3n) is 5.04. The third-order valence-corrected chi connectivity index (χ3v) is 5.04. The van der Waals surface area contributed by atoms with Gasteiger partial charge in [0.1, 0.15) is 12.4 Å². The van der Waals surface area contributed by atoms with Gasteiger partial charge >= 0.3 is 5.97 Å². The number of rotatable bonds is 9. The number of amides is 1. The summed E-state index contributed by atoms with van der Waals surface area (Å²) in [5.74, 6) is -1.56. The van der Waals surface area contributed by atoms with Crippen LogP contribution in [0.25, 0.3) is 0 Å². The lowest BCUT2D eigenvalue weighted by atomic mass is 10.0. The van der Waals surface area contributed by atoms with Crippen LogP contribution in [0.5, 0.6) is 0 Å². The summed E-state index contributed by atoms with van der Waals surface area (Å²) in [4.78, 5) is 27.8. The summed E-state index contributed by atoms with van der Waals surface area (Å²) in [7, 11) is 0. The molecule has 0 saturated carbocycles. The van der Waals surface area contributed by atoms with E-state index in [4.69, 9.17) is 4.74 Å². The van der Waals surface area contributed by atoms with Gasteiger partial charge in [-0.3, -0.25) is 14.4 Å². The zero-order chi connectivity index (χ0) is 21.5. The van der Waals surface area contributed by atoms with Crippen LogP contribution in [0, 0.1) is 6.92 Å². The van der Waals surface area contributed by atoms with Crippen molar-refractivity contribution in [2.75, 3.05) is 46.1 Å². The first-order valence-corrected chi connectivity index (χ1v) is 9.86. The molecule has 10 heteroatoms. The zero-order valence-corrected chi connectivity index (χ0v) is 17.0. The van der Waals surface area contributed by atoms with E-state index in [-0.39, 0.29) is 24.2 Å². The summed E-state index contributed by atoms with van der Waals surface area (Å²) in [6, 6.07) is 4.45. The van der Waals surface area contributed by atoms with Crippen molar-refractivity contribution in [1.29, 1.82) is 0 Å². The predicted octanol–water partition coefficient (Wildman–Crippen LogP) is 1.23. The first-order chi connectivity index (χ1) is 14.5. The molecule has 1 fully saturated rings. The molecule has 3 rings (SSSR count). The molecule has 1 aliphatic heterocycles. The van der Waals surface area contributed by atoms with E-state index >= 15 is 0 Å². The van der Waals surface area contributed by atoms with Gasteiger partial charge in [-0.25, -0.2) is 9.18 Å². The Morgan fingerprint density at radius 1 is 1.27 bits per heavy atom. The van der Waals surface area contributed by atoms with Gasteiger partial charge in [-0.1, -0.05) is 11.3 Å². The Labute approximate surface area is 174 Å². The summed E-state index contributed by atoms with van der Waals surface area (Å²) in [5.41, 5.74) is 1.35. The molecule has 1 aromatic heterocycles. The SMILES string of the molecule is Cc1ccc(C(=O)N(CCF)Cc2cn(CCN3CCOCC3)nn2)cc1C(=O)O. The van der Waals surface area contributed by atoms with Crippen molar-refractivity contribution in [3.05, 3.63) is 46.8 Å². The van der Waals surface area contributed by atoms with Crippen LogP contribution in [0.4, 0.5) is 4.39 Å². The molecular weight excluding hydrogens is 393 g/mol. The van der Waals surface area contributed by atoms with Crippen LogP contribution in [0.1, 0.15) is 32.0 Å². The standard InChI is InChI=1S/C20H26FN5O4/c1-15-2-3-16(12-18(15)20(28)29)19(27)25(5-4-21)13-17-14-26(23-22-17)7-6-24-8-10-30-11-9-24/h2-3,12,14H,4-11,13H2,1H3,(H,28,29). The third kappa shape index (κ3) is 5.61. The highest BCUT2D eigenvalue weighted by Crippen LogP contribution is 2.15. The second kappa shape index (κ2) is 10.3. The van der Waals surface area contributed by atoms with Crippen LogP contribution < -0.4 is 0 Å². The Bertz CT molecular complexity index is 882. The molecule has 0 unspecified atom stereocenters. The van der Waals surface area contributed by atoms with Gasteiger partial charge in [0.25, 0.3) is 5.91 Å². The number of carbonyl (C=O) groups excluding carboxylic acids is 1. The predicted molar refractivity (Wildman–Crippen MR) is 106 cm³/mol. The molecule has 2 heterocycles. The number of ether oxygens (including phenoxy) is 1. The van der Waals surface area contributed by atoms with Gasteiger partial charge in [0.15, 0.2) is 0 Å². The number of carboxylic acid groups (broad SMARTS) is 1. The first-order valence-electron chi connectivity index (χ1n) is 9.86. The van der Waals surface area contributed by atoms with Crippen molar-refractivity contribution in [3.63, 3.8) is 0 Å². The van der Waals surface area contributed by atoms with Crippen LogP contribution in [0.3, 0.4) is 0 Å². The normalized spacial score (nSPS) is 14.6. The van der Waals surface area contributed by atoms with E-state index in [1.54, 1.807) is 29.9 Å². The number of carboxylic acids is 1. The van der Waals surface area contributed by atoms with Gasteiger partial charge < -0.3 is 14.7 Å². The number of aromatic carboxylic acids is 1. The maximum absolute atomic E-state index is 13.1. The van der Waals surface area contributed by atoms with Crippen molar-refractivity contribution in [2.45, 2.75) is 20.0 Å². The Balaban J connectivity index is 1.65. The van der Waals surface area contributed by atoms with E-state index in [1.807, 2.05) is 0 Å². The summed E-state index contributed by atoms with van der Waals surface area (Å²) in [6.07, 6.45) is 1.75. The lowest BCUT2D eigenvalue weighted by Gasteiger charge is -2.26. The van der Waals surface area contributed by atoms with E-state index in [0.717, 1.165) is 32.8 Å². The number of aryl methyl sites for hydroxylation is 1. The fourth-order valence-corrected chi connectivity index (χ4v) is 3.31. The molecular formula is C20H26FN5O4. The molecule has 0 atom stereocenters. The number of halogens is 1. The van der Waals surface area contributed by atoms with Gasteiger partial charge in [0.2, 0.25) is 0 Å². The van der Waals surface area contributed by atoms with Crippen LogP contribution in [0.2, 0.25) is 0 Å². The molecule has 162 valence electrons. The molecule has 1 N–H and O–H groups in total. The maximum Gasteiger partial charge on any atom is 0.335 e. The highest BCUT2D eigenvalue weighted by Gasteiger charge is 2.20. The average Bonchev–Trinajstić information content (AvgIpc) is 3.20. The van der Waals surface area contributed by atoms with E-state index in [2.05, 4.69) is 15.2 Å². The molecule has 1 saturated heterocycles. The van der Waals surface area contributed by atoms with E-state index in [9.17, 15) is 19.1 Å². The van der Waals surface area contributed by atoms with Gasteiger partial charge in [0, 0.05) is 31.7 Å². The Morgan fingerprint density at radius 2 is 2.03 bits per heavy atom. The molecule has 0 spiro atoms. The Hall–Kier alpha value is -2.85. The first kappa shape index (κ1) is 21.8. The van der Waals surface area contributed by atoms with Crippen molar-refractivity contribution in [1.82, 2.24) is 24.8 Å². The minimum Gasteiger partial charge on any atom is -0.478 e. The lowest BCUT2D eigenvalue weighted by Crippen LogP contribution is -2.38. The number of morpholine rings is 1. The average molecular weight is 419 g/mol. The van der Waals surface area contributed by atoms with Crippen LogP contribution in [-0.2, 0) is 17.8 Å². The molecule has 1 amide bonds. The molecule has 0 bridgehead atoms. The highest BCUT2D eigenvalue weighted by molar-refractivity contribution is 5.98. The number of alkyl halides is 1. The minimum atomic E-state index is -1.11. The number of carbonyl (C=O) groups is 2. The number of aromatic nitrogens is 3. The number of hydrogen-bond acceptors (Lipinski definition) is 6. The van der Waals surface area contributed by atoms with E-state index in [1.165, 1.54) is 11.0 Å². The fourth-order valence-electron chi connectivity index (χ4n) is 3.31. The van der Waals surface area contributed by atoms with Crippen molar-refractivity contribution in [3.8, 4) is 0 Å². The largest absolute Gasteiger partial charge is 0.478 e. The molecule has 30 heavy (non-hydrogen) atoms. The molecule has 9 nitrogen and oxygen atoms in total. The highest BCUT2D eigenvalue weighted by atomic mass is 19.1. The van der Waals surface area contributed by atoms with Gasteiger partial charge in [0.05, 0.1) is 38.1 Å². The van der Waals surface area contributed by atoms with Crippen molar-refractivity contribution in [2.24, 2.45) is 0 Å². The molecule has 0 radical (unpaired) electrons. The van der Waals surface area contributed by atoms with Crippen LogP contribution in [-0.4, -0.2) is 87.8 Å². The summed E-state index contributed by atoms with van der Waals surface area (Å²) in [6.45, 7) is 5.62. The number of nitrogens with zero attached hydrogens (tertiary/aromatic N) is 5. The van der Waals surface area contributed by atoms with E-state index in [0.29, 0.717) is 17.8 Å². The Morgan fingerprint density at radius 3 is 2.73 bits per heavy atom. The van der Waals surface area contributed by atoms with Gasteiger partial charge in [-0.05, 0) is 24.6 Å².